The second-order valence-electron chi connectivity index (χ2n) is 6.30. The summed E-state index contributed by atoms with van der Waals surface area (Å²) in [6, 6.07) is 8.19. The SMILES string of the molecule is COc1ccc(COC[C@@H](O)CN[C@@H](C)CCC(C)C)cc1. The fourth-order valence-electron chi connectivity index (χ4n) is 2.12. The van der Waals surface area contributed by atoms with Gasteiger partial charge < -0.3 is 19.9 Å². The van der Waals surface area contributed by atoms with E-state index in [1.54, 1.807) is 7.11 Å². The maximum absolute atomic E-state index is 9.93. The summed E-state index contributed by atoms with van der Waals surface area (Å²) < 4.78 is 10.7. The van der Waals surface area contributed by atoms with Crippen LogP contribution in [-0.4, -0.2) is 37.5 Å². The Labute approximate surface area is 134 Å². The Morgan fingerprint density at radius 1 is 1.09 bits per heavy atom. The standard InChI is InChI=1S/C18H31NO3/c1-14(2)5-6-15(3)19-11-17(20)13-22-12-16-7-9-18(21-4)10-8-16/h7-10,14-15,17,19-20H,5-6,11-13H2,1-4H3/t15-,17-/m0/s1. The van der Waals surface area contributed by atoms with Crippen LogP contribution in [0.5, 0.6) is 5.75 Å². The summed E-state index contributed by atoms with van der Waals surface area (Å²) in [6.07, 6.45) is 1.87. The number of aliphatic hydroxyl groups is 1. The van der Waals surface area contributed by atoms with Crippen LogP contribution in [0.4, 0.5) is 0 Å². The van der Waals surface area contributed by atoms with Gasteiger partial charge in [-0.05, 0) is 43.4 Å². The lowest BCUT2D eigenvalue weighted by atomic mass is 10.0. The van der Waals surface area contributed by atoms with E-state index in [0.29, 0.717) is 25.8 Å². The zero-order valence-corrected chi connectivity index (χ0v) is 14.3. The lowest BCUT2D eigenvalue weighted by molar-refractivity contribution is 0.0276. The summed E-state index contributed by atoms with van der Waals surface area (Å²) in [5.74, 6) is 1.56. The van der Waals surface area contributed by atoms with Gasteiger partial charge in [0.05, 0.1) is 26.4 Å². The van der Waals surface area contributed by atoms with Crippen molar-refractivity contribution in [2.45, 2.75) is 52.4 Å². The molecule has 4 nitrogen and oxygen atoms in total. The fourth-order valence-corrected chi connectivity index (χ4v) is 2.12. The van der Waals surface area contributed by atoms with Crippen LogP contribution in [0.25, 0.3) is 0 Å². The molecular weight excluding hydrogens is 278 g/mol. The predicted octanol–water partition coefficient (Wildman–Crippen LogP) is 2.99. The third kappa shape index (κ3) is 8.37. The Bertz CT molecular complexity index is 392. The molecule has 0 saturated carbocycles. The number of hydrogen-bond acceptors (Lipinski definition) is 4. The first kappa shape index (κ1) is 18.9. The van der Waals surface area contributed by atoms with Crippen LogP contribution >= 0.6 is 0 Å². The second kappa shape index (κ2) is 10.6. The Balaban J connectivity index is 2.13. The van der Waals surface area contributed by atoms with E-state index in [1.165, 1.54) is 6.42 Å². The van der Waals surface area contributed by atoms with E-state index in [0.717, 1.165) is 23.7 Å². The third-order valence-electron chi connectivity index (χ3n) is 3.62. The van der Waals surface area contributed by atoms with Crippen molar-refractivity contribution in [2.24, 2.45) is 5.92 Å². The van der Waals surface area contributed by atoms with Crippen molar-refractivity contribution in [2.75, 3.05) is 20.3 Å². The smallest absolute Gasteiger partial charge is 0.118 e. The van der Waals surface area contributed by atoms with Crippen molar-refractivity contribution in [1.29, 1.82) is 0 Å². The largest absolute Gasteiger partial charge is 0.497 e. The summed E-state index contributed by atoms with van der Waals surface area (Å²) in [5, 5.41) is 13.3. The van der Waals surface area contributed by atoms with Gasteiger partial charge in [0.2, 0.25) is 0 Å². The highest BCUT2D eigenvalue weighted by Gasteiger charge is 2.08. The number of hydrogen-bond donors (Lipinski definition) is 2. The van der Waals surface area contributed by atoms with Crippen molar-refractivity contribution in [3.63, 3.8) is 0 Å². The van der Waals surface area contributed by atoms with Gasteiger partial charge in [-0.3, -0.25) is 0 Å². The lowest BCUT2D eigenvalue weighted by Crippen LogP contribution is -2.36. The molecule has 0 radical (unpaired) electrons. The molecule has 0 aliphatic heterocycles. The Morgan fingerprint density at radius 3 is 2.36 bits per heavy atom. The van der Waals surface area contributed by atoms with E-state index in [-0.39, 0.29) is 0 Å². The van der Waals surface area contributed by atoms with Gasteiger partial charge in [0.25, 0.3) is 0 Å². The van der Waals surface area contributed by atoms with E-state index in [9.17, 15) is 5.11 Å². The molecule has 1 aromatic carbocycles. The fraction of sp³-hybridized carbons (Fsp3) is 0.667. The van der Waals surface area contributed by atoms with Crippen LogP contribution in [0.2, 0.25) is 0 Å². The van der Waals surface area contributed by atoms with Gasteiger partial charge in [-0.25, -0.2) is 0 Å². The van der Waals surface area contributed by atoms with E-state index >= 15 is 0 Å². The van der Waals surface area contributed by atoms with Crippen molar-refractivity contribution < 1.29 is 14.6 Å². The minimum atomic E-state index is -0.472. The van der Waals surface area contributed by atoms with Gasteiger partial charge in [0.1, 0.15) is 5.75 Å². The highest BCUT2D eigenvalue weighted by atomic mass is 16.5. The first-order chi connectivity index (χ1) is 10.5. The normalized spacial score (nSPS) is 14.1. The van der Waals surface area contributed by atoms with Gasteiger partial charge in [-0.15, -0.1) is 0 Å². The van der Waals surface area contributed by atoms with Crippen molar-refractivity contribution in [3.05, 3.63) is 29.8 Å². The monoisotopic (exact) mass is 309 g/mol. The predicted molar refractivity (Wildman–Crippen MR) is 90.2 cm³/mol. The van der Waals surface area contributed by atoms with Crippen LogP contribution in [0.3, 0.4) is 0 Å². The van der Waals surface area contributed by atoms with Gasteiger partial charge >= 0.3 is 0 Å². The van der Waals surface area contributed by atoms with Crippen molar-refractivity contribution >= 4 is 0 Å². The van der Waals surface area contributed by atoms with E-state index < -0.39 is 6.10 Å². The quantitative estimate of drug-likeness (QED) is 0.660. The maximum atomic E-state index is 9.93. The summed E-state index contributed by atoms with van der Waals surface area (Å²) in [6.45, 7) is 8.04. The molecule has 1 aromatic rings. The highest BCUT2D eigenvalue weighted by Crippen LogP contribution is 2.12. The number of benzene rings is 1. The molecule has 0 unspecified atom stereocenters. The van der Waals surface area contributed by atoms with Crippen LogP contribution < -0.4 is 10.1 Å². The summed E-state index contributed by atoms with van der Waals surface area (Å²) in [7, 11) is 1.65. The Kier molecular flexibility index (Phi) is 9.13. The maximum Gasteiger partial charge on any atom is 0.118 e. The first-order valence-electron chi connectivity index (χ1n) is 8.13. The molecule has 126 valence electrons. The summed E-state index contributed by atoms with van der Waals surface area (Å²) in [4.78, 5) is 0. The van der Waals surface area contributed by atoms with E-state index in [1.807, 2.05) is 24.3 Å². The molecule has 2 atom stereocenters. The number of rotatable bonds is 11. The Morgan fingerprint density at radius 2 is 1.77 bits per heavy atom. The molecule has 1 rings (SSSR count). The van der Waals surface area contributed by atoms with Crippen LogP contribution in [0.1, 0.15) is 39.2 Å². The number of ether oxygens (including phenoxy) is 2. The van der Waals surface area contributed by atoms with Gasteiger partial charge in [-0.1, -0.05) is 26.0 Å². The molecule has 0 aromatic heterocycles. The molecule has 0 aliphatic carbocycles. The van der Waals surface area contributed by atoms with Gasteiger partial charge in [0, 0.05) is 12.6 Å². The van der Waals surface area contributed by atoms with Gasteiger partial charge in [0.15, 0.2) is 0 Å². The average Bonchev–Trinajstić information content (AvgIpc) is 2.51. The molecule has 0 amide bonds. The minimum Gasteiger partial charge on any atom is -0.497 e. The zero-order valence-electron chi connectivity index (χ0n) is 14.3. The molecule has 0 fully saturated rings. The molecule has 22 heavy (non-hydrogen) atoms. The zero-order chi connectivity index (χ0) is 16.4. The average molecular weight is 309 g/mol. The molecule has 2 N–H and O–H groups in total. The Hall–Kier alpha value is -1.10. The minimum absolute atomic E-state index is 0.343. The van der Waals surface area contributed by atoms with Gasteiger partial charge in [-0.2, -0.15) is 0 Å². The number of nitrogens with one attached hydrogen (secondary N) is 1. The molecule has 0 saturated heterocycles. The number of methoxy groups -OCH3 is 1. The summed E-state index contributed by atoms with van der Waals surface area (Å²) >= 11 is 0. The number of aliphatic hydroxyl groups excluding tert-OH is 1. The first-order valence-corrected chi connectivity index (χ1v) is 8.13. The van der Waals surface area contributed by atoms with Crippen LogP contribution in [-0.2, 0) is 11.3 Å². The summed E-state index contributed by atoms with van der Waals surface area (Å²) in [5.41, 5.74) is 1.08. The lowest BCUT2D eigenvalue weighted by Gasteiger charge is -2.18. The molecule has 4 heteroatoms. The van der Waals surface area contributed by atoms with Crippen LogP contribution in [0, 0.1) is 5.92 Å². The van der Waals surface area contributed by atoms with Crippen LogP contribution in [0.15, 0.2) is 24.3 Å². The van der Waals surface area contributed by atoms with Crippen molar-refractivity contribution in [1.82, 2.24) is 5.32 Å². The second-order valence-corrected chi connectivity index (χ2v) is 6.30. The van der Waals surface area contributed by atoms with Crippen molar-refractivity contribution in [3.8, 4) is 5.75 Å². The molecule has 0 aliphatic rings. The van der Waals surface area contributed by atoms with E-state index in [2.05, 4.69) is 26.1 Å². The topological polar surface area (TPSA) is 50.7 Å². The van der Waals surface area contributed by atoms with E-state index in [4.69, 9.17) is 9.47 Å². The molecular formula is C18H31NO3. The molecule has 0 heterocycles. The highest BCUT2D eigenvalue weighted by molar-refractivity contribution is 5.26. The third-order valence-corrected chi connectivity index (χ3v) is 3.62. The molecule has 0 spiro atoms. The molecule has 0 bridgehead atoms.